The van der Waals surface area contributed by atoms with Gasteiger partial charge in [0.15, 0.2) is 0 Å². The van der Waals surface area contributed by atoms with E-state index in [-0.39, 0.29) is 0 Å². The fourth-order valence-corrected chi connectivity index (χ4v) is 1.60. The average molecular weight is 224 g/mol. The molecule has 0 aliphatic heterocycles. The van der Waals surface area contributed by atoms with Gasteiger partial charge in [-0.05, 0) is 45.1 Å². The van der Waals surface area contributed by atoms with Crippen LogP contribution in [0.4, 0.5) is 0 Å². The van der Waals surface area contributed by atoms with Gasteiger partial charge in [-0.15, -0.1) is 0 Å². The Morgan fingerprint density at radius 1 is 1.38 bits per heavy atom. The summed E-state index contributed by atoms with van der Waals surface area (Å²) in [7, 11) is 2.10. The molecule has 1 rings (SSSR count). The molecule has 0 saturated heterocycles. The minimum atomic E-state index is 0.843. The highest BCUT2D eigenvalue weighted by atomic mass is 16.3. The second-order valence-corrected chi connectivity index (χ2v) is 4.33. The lowest BCUT2D eigenvalue weighted by Crippen LogP contribution is -2.16. The highest BCUT2D eigenvalue weighted by Gasteiger charge is 2.08. The molecule has 0 amide bonds. The van der Waals surface area contributed by atoms with Crippen LogP contribution in [0.15, 0.2) is 10.5 Å². The third-order valence-corrected chi connectivity index (χ3v) is 2.75. The van der Waals surface area contributed by atoms with Crippen molar-refractivity contribution in [3.63, 3.8) is 0 Å². The zero-order valence-corrected chi connectivity index (χ0v) is 11.0. The Labute approximate surface area is 98.8 Å². The van der Waals surface area contributed by atoms with E-state index >= 15 is 0 Å². The lowest BCUT2D eigenvalue weighted by atomic mass is 10.2. The van der Waals surface area contributed by atoms with E-state index in [0.29, 0.717) is 0 Å². The second kappa shape index (κ2) is 6.71. The lowest BCUT2D eigenvalue weighted by molar-refractivity contribution is 0.302. The smallest absolute Gasteiger partial charge is 0.120 e. The molecule has 3 nitrogen and oxygen atoms in total. The quantitative estimate of drug-likeness (QED) is 0.721. The molecule has 1 aromatic rings. The molecule has 0 aromatic carbocycles. The maximum atomic E-state index is 5.83. The summed E-state index contributed by atoms with van der Waals surface area (Å²) in [6.07, 6.45) is 1.16. The van der Waals surface area contributed by atoms with E-state index in [4.69, 9.17) is 4.42 Å². The van der Waals surface area contributed by atoms with Crippen LogP contribution in [0, 0.1) is 6.92 Å². The molecule has 3 heteroatoms. The topological polar surface area (TPSA) is 28.4 Å². The van der Waals surface area contributed by atoms with Crippen LogP contribution in [-0.4, -0.2) is 25.0 Å². The Morgan fingerprint density at radius 3 is 2.75 bits per heavy atom. The van der Waals surface area contributed by atoms with Crippen molar-refractivity contribution in [2.75, 3.05) is 20.1 Å². The first-order chi connectivity index (χ1) is 7.67. The van der Waals surface area contributed by atoms with Gasteiger partial charge in [0.2, 0.25) is 0 Å². The zero-order valence-electron chi connectivity index (χ0n) is 11.0. The molecular formula is C13H24N2O. The summed E-state index contributed by atoms with van der Waals surface area (Å²) in [5.41, 5.74) is 1.25. The molecule has 1 aromatic heterocycles. The molecule has 0 radical (unpaired) electrons. The molecule has 0 aliphatic rings. The Hall–Kier alpha value is -0.800. The van der Waals surface area contributed by atoms with E-state index in [1.54, 1.807) is 0 Å². The van der Waals surface area contributed by atoms with Crippen LogP contribution in [0.5, 0.6) is 0 Å². The Morgan fingerprint density at radius 2 is 2.12 bits per heavy atom. The average Bonchev–Trinajstić information content (AvgIpc) is 2.59. The molecule has 0 saturated carbocycles. The summed E-state index contributed by atoms with van der Waals surface area (Å²) in [4.78, 5) is 2.24. The first-order valence-corrected chi connectivity index (χ1v) is 6.14. The van der Waals surface area contributed by atoms with Crippen LogP contribution in [0.25, 0.3) is 0 Å². The predicted octanol–water partition coefficient (Wildman–Crippen LogP) is 2.54. The maximum Gasteiger partial charge on any atom is 0.120 e. The second-order valence-electron chi connectivity index (χ2n) is 4.33. The highest BCUT2D eigenvalue weighted by molar-refractivity contribution is 5.19. The van der Waals surface area contributed by atoms with Crippen molar-refractivity contribution in [2.24, 2.45) is 0 Å². The van der Waals surface area contributed by atoms with Crippen molar-refractivity contribution >= 4 is 0 Å². The molecule has 1 N–H and O–H groups in total. The third-order valence-electron chi connectivity index (χ3n) is 2.75. The number of nitrogens with zero attached hydrogens (tertiary/aromatic N) is 1. The molecule has 0 spiro atoms. The number of nitrogens with one attached hydrogen (secondary N) is 1. The van der Waals surface area contributed by atoms with E-state index in [9.17, 15) is 0 Å². The number of aryl methyl sites for hydroxylation is 1. The van der Waals surface area contributed by atoms with Gasteiger partial charge in [0, 0.05) is 0 Å². The minimum absolute atomic E-state index is 0.843. The fourth-order valence-electron chi connectivity index (χ4n) is 1.60. The Bertz CT molecular complexity index is 307. The highest BCUT2D eigenvalue weighted by Crippen LogP contribution is 2.15. The van der Waals surface area contributed by atoms with Crippen molar-refractivity contribution in [2.45, 2.75) is 40.3 Å². The number of hydrogen-bond acceptors (Lipinski definition) is 3. The van der Waals surface area contributed by atoms with E-state index in [1.165, 1.54) is 5.56 Å². The molecule has 0 unspecified atom stereocenters. The number of rotatable bonds is 7. The van der Waals surface area contributed by atoms with Crippen molar-refractivity contribution < 1.29 is 4.42 Å². The summed E-state index contributed by atoms with van der Waals surface area (Å²) in [6.45, 7) is 10.3. The van der Waals surface area contributed by atoms with Gasteiger partial charge in [-0.1, -0.05) is 13.8 Å². The molecule has 0 fully saturated rings. The van der Waals surface area contributed by atoms with Crippen molar-refractivity contribution in [1.29, 1.82) is 0 Å². The van der Waals surface area contributed by atoms with E-state index in [1.807, 2.05) is 0 Å². The first-order valence-electron chi connectivity index (χ1n) is 6.14. The van der Waals surface area contributed by atoms with Crippen molar-refractivity contribution in [3.8, 4) is 0 Å². The van der Waals surface area contributed by atoms with Crippen LogP contribution in [0.3, 0.4) is 0 Å². The fraction of sp³-hybridized carbons (Fsp3) is 0.692. The predicted molar refractivity (Wildman–Crippen MR) is 67.5 cm³/mol. The van der Waals surface area contributed by atoms with E-state index < -0.39 is 0 Å². The maximum absolute atomic E-state index is 5.83. The summed E-state index contributed by atoms with van der Waals surface area (Å²) in [6, 6.07) is 2.15. The van der Waals surface area contributed by atoms with Gasteiger partial charge < -0.3 is 9.73 Å². The molecule has 0 atom stereocenters. The largest absolute Gasteiger partial charge is 0.463 e. The van der Waals surface area contributed by atoms with Crippen LogP contribution < -0.4 is 5.32 Å². The monoisotopic (exact) mass is 224 g/mol. The zero-order chi connectivity index (χ0) is 12.0. The Balaban J connectivity index is 2.52. The van der Waals surface area contributed by atoms with Crippen LogP contribution in [0.2, 0.25) is 0 Å². The molecule has 92 valence electrons. The van der Waals surface area contributed by atoms with Gasteiger partial charge in [-0.25, -0.2) is 0 Å². The normalized spacial score (nSPS) is 11.3. The SMILES string of the molecule is CCCNCc1oc(CN(C)CC)cc1C. The van der Waals surface area contributed by atoms with Gasteiger partial charge in [0.25, 0.3) is 0 Å². The van der Waals surface area contributed by atoms with Crippen molar-refractivity contribution in [3.05, 3.63) is 23.2 Å². The molecule has 16 heavy (non-hydrogen) atoms. The molecule has 1 heterocycles. The van der Waals surface area contributed by atoms with Gasteiger partial charge in [0.1, 0.15) is 11.5 Å². The van der Waals surface area contributed by atoms with Crippen molar-refractivity contribution in [1.82, 2.24) is 10.2 Å². The van der Waals surface area contributed by atoms with Gasteiger partial charge >= 0.3 is 0 Å². The minimum Gasteiger partial charge on any atom is -0.463 e. The third kappa shape index (κ3) is 3.99. The van der Waals surface area contributed by atoms with Crippen LogP contribution in [-0.2, 0) is 13.1 Å². The molecule has 0 bridgehead atoms. The van der Waals surface area contributed by atoms with E-state index in [0.717, 1.165) is 44.1 Å². The lowest BCUT2D eigenvalue weighted by Gasteiger charge is -2.10. The first kappa shape index (κ1) is 13.3. The Kier molecular flexibility index (Phi) is 5.56. The molecule has 0 aliphatic carbocycles. The standard InChI is InChI=1S/C13H24N2O/c1-5-7-14-9-13-11(3)8-12(16-13)10-15(4)6-2/h8,14H,5-7,9-10H2,1-4H3. The summed E-state index contributed by atoms with van der Waals surface area (Å²) < 4.78 is 5.83. The molecular weight excluding hydrogens is 200 g/mol. The summed E-state index contributed by atoms with van der Waals surface area (Å²) in [5.74, 6) is 2.14. The van der Waals surface area contributed by atoms with E-state index in [2.05, 4.69) is 44.1 Å². The van der Waals surface area contributed by atoms with Gasteiger partial charge in [0.05, 0.1) is 13.1 Å². The van der Waals surface area contributed by atoms with Crippen LogP contribution in [0.1, 0.15) is 37.4 Å². The number of hydrogen-bond donors (Lipinski definition) is 1. The number of furan rings is 1. The van der Waals surface area contributed by atoms with Gasteiger partial charge in [-0.3, -0.25) is 4.90 Å². The van der Waals surface area contributed by atoms with Gasteiger partial charge in [-0.2, -0.15) is 0 Å². The summed E-state index contributed by atoms with van der Waals surface area (Å²) in [5, 5.41) is 3.37. The van der Waals surface area contributed by atoms with Crippen LogP contribution >= 0.6 is 0 Å². The summed E-state index contributed by atoms with van der Waals surface area (Å²) >= 11 is 0.